The van der Waals surface area contributed by atoms with Crippen LogP contribution >= 0.6 is 0 Å². The van der Waals surface area contributed by atoms with Crippen LogP contribution in [0.4, 0.5) is 0 Å². The SMILES string of the molecule is CCn1cc(C(=O)N2CCCCC2)c(=O)c2cc(C)ccc21. The smallest absolute Gasteiger partial charge is 0.259 e. The lowest BCUT2D eigenvalue weighted by atomic mass is 10.1. The number of rotatable bonds is 2. The van der Waals surface area contributed by atoms with Crippen LogP contribution in [0.1, 0.15) is 42.1 Å². The van der Waals surface area contributed by atoms with Crippen molar-refractivity contribution < 1.29 is 4.79 Å². The van der Waals surface area contributed by atoms with Crippen LogP contribution < -0.4 is 5.43 Å². The third kappa shape index (κ3) is 2.54. The summed E-state index contributed by atoms with van der Waals surface area (Å²) in [5.41, 5.74) is 2.10. The minimum Gasteiger partial charge on any atom is -0.347 e. The zero-order valence-electron chi connectivity index (χ0n) is 13.3. The highest BCUT2D eigenvalue weighted by Gasteiger charge is 2.22. The summed E-state index contributed by atoms with van der Waals surface area (Å²) in [7, 11) is 0. The number of nitrogens with zero attached hydrogens (tertiary/aromatic N) is 2. The molecule has 0 atom stereocenters. The lowest BCUT2D eigenvalue weighted by Crippen LogP contribution is -2.38. The third-order valence-electron chi connectivity index (χ3n) is 4.45. The summed E-state index contributed by atoms with van der Waals surface area (Å²) < 4.78 is 1.99. The Morgan fingerprint density at radius 1 is 1.18 bits per heavy atom. The van der Waals surface area contributed by atoms with E-state index in [0.29, 0.717) is 10.9 Å². The Morgan fingerprint density at radius 3 is 2.59 bits per heavy atom. The Bertz CT molecular complexity index is 770. The number of hydrogen-bond acceptors (Lipinski definition) is 2. The second-order valence-corrected chi connectivity index (χ2v) is 6.03. The zero-order chi connectivity index (χ0) is 15.7. The molecule has 1 aromatic carbocycles. The minimum absolute atomic E-state index is 0.115. The first kappa shape index (κ1) is 14.8. The molecule has 1 fully saturated rings. The van der Waals surface area contributed by atoms with Crippen molar-refractivity contribution in [3.8, 4) is 0 Å². The van der Waals surface area contributed by atoms with Crippen LogP contribution in [-0.4, -0.2) is 28.5 Å². The van der Waals surface area contributed by atoms with Crippen LogP contribution in [0.2, 0.25) is 0 Å². The molecular formula is C18H22N2O2. The number of amides is 1. The van der Waals surface area contributed by atoms with Crippen LogP contribution in [0.3, 0.4) is 0 Å². The number of fused-ring (bicyclic) bond motifs is 1. The Morgan fingerprint density at radius 2 is 1.91 bits per heavy atom. The average Bonchev–Trinajstić information content (AvgIpc) is 2.56. The monoisotopic (exact) mass is 298 g/mol. The highest BCUT2D eigenvalue weighted by Crippen LogP contribution is 2.17. The van der Waals surface area contributed by atoms with Gasteiger partial charge in [-0.3, -0.25) is 9.59 Å². The first-order valence-electron chi connectivity index (χ1n) is 8.05. The van der Waals surface area contributed by atoms with E-state index in [1.54, 1.807) is 6.20 Å². The lowest BCUT2D eigenvalue weighted by Gasteiger charge is -2.27. The van der Waals surface area contributed by atoms with Gasteiger partial charge in [0.25, 0.3) is 5.91 Å². The fourth-order valence-electron chi connectivity index (χ4n) is 3.19. The van der Waals surface area contributed by atoms with Crippen molar-refractivity contribution in [2.24, 2.45) is 0 Å². The molecule has 1 saturated heterocycles. The standard InChI is InChI=1S/C18H22N2O2/c1-3-19-12-15(18(22)20-9-5-4-6-10-20)17(21)14-11-13(2)7-8-16(14)19/h7-8,11-12H,3-6,9-10H2,1-2H3. The number of piperidine rings is 1. The second kappa shape index (κ2) is 5.95. The highest BCUT2D eigenvalue weighted by molar-refractivity contribution is 5.97. The van der Waals surface area contributed by atoms with Crippen molar-refractivity contribution in [3.05, 3.63) is 45.7 Å². The first-order chi connectivity index (χ1) is 10.6. The summed E-state index contributed by atoms with van der Waals surface area (Å²) in [4.78, 5) is 27.3. The maximum Gasteiger partial charge on any atom is 0.259 e. The van der Waals surface area contributed by atoms with E-state index in [1.165, 1.54) is 6.42 Å². The Labute approximate surface area is 130 Å². The maximum absolute atomic E-state index is 12.8. The van der Waals surface area contributed by atoms with Crippen molar-refractivity contribution in [1.82, 2.24) is 9.47 Å². The largest absolute Gasteiger partial charge is 0.347 e. The Balaban J connectivity index is 2.15. The van der Waals surface area contributed by atoms with Crippen molar-refractivity contribution >= 4 is 16.8 Å². The molecule has 0 spiro atoms. The summed E-state index contributed by atoms with van der Waals surface area (Å²) >= 11 is 0. The molecule has 0 N–H and O–H groups in total. The fourth-order valence-corrected chi connectivity index (χ4v) is 3.19. The van der Waals surface area contributed by atoms with Crippen LogP contribution in [0.25, 0.3) is 10.9 Å². The molecule has 116 valence electrons. The molecule has 1 amide bonds. The van der Waals surface area contributed by atoms with Gasteiger partial charge in [-0.1, -0.05) is 11.6 Å². The molecule has 0 bridgehead atoms. The quantitative estimate of drug-likeness (QED) is 0.855. The van der Waals surface area contributed by atoms with E-state index in [4.69, 9.17) is 0 Å². The topological polar surface area (TPSA) is 42.3 Å². The first-order valence-corrected chi connectivity index (χ1v) is 8.05. The normalized spacial score (nSPS) is 15.3. The number of carbonyl (C=O) groups excluding carboxylic acids is 1. The van der Waals surface area contributed by atoms with Gasteiger partial charge in [-0.25, -0.2) is 0 Å². The van der Waals surface area contributed by atoms with Gasteiger partial charge in [0.1, 0.15) is 5.56 Å². The van der Waals surface area contributed by atoms with E-state index >= 15 is 0 Å². The molecular weight excluding hydrogens is 276 g/mol. The summed E-state index contributed by atoms with van der Waals surface area (Å²) in [6.07, 6.45) is 4.96. The van der Waals surface area contributed by atoms with Crippen LogP contribution in [0.5, 0.6) is 0 Å². The Hall–Kier alpha value is -2.10. The molecule has 4 heteroatoms. The molecule has 0 aliphatic carbocycles. The van der Waals surface area contributed by atoms with Gasteiger partial charge in [-0.15, -0.1) is 0 Å². The van der Waals surface area contributed by atoms with Gasteiger partial charge < -0.3 is 9.47 Å². The molecule has 2 heterocycles. The highest BCUT2D eigenvalue weighted by atomic mass is 16.2. The zero-order valence-corrected chi connectivity index (χ0v) is 13.3. The third-order valence-corrected chi connectivity index (χ3v) is 4.45. The number of aromatic nitrogens is 1. The van der Waals surface area contributed by atoms with Gasteiger partial charge in [0, 0.05) is 31.2 Å². The molecule has 1 aromatic heterocycles. The van der Waals surface area contributed by atoms with E-state index in [2.05, 4.69) is 0 Å². The predicted octanol–water partition coefficient (Wildman–Crippen LogP) is 2.96. The number of pyridine rings is 1. The molecule has 2 aromatic rings. The van der Waals surface area contributed by atoms with E-state index in [-0.39, 0.29) is 11.3 Å². The van der Waals surface area contributed by atoms with Gasteiger partial charge in [-0.2, -0.15) is 0 Å². The number of hydrogen-bond donors (Lipinski definition) is 0. The number of likely N-dealkylation sites (tertiary alicyclic amines) is 1. The van der Waals surface area contributed by atoms with E-state index < -0.39 is 0 Å². The van der Waals surface area contributed by atoms with Crippen LogP contribution in [-0.2, 0) is 6.54 Å². The summed E-state index contributed by atoms with van der Waals surface area (Å²) in [5, 5.41) is 0.643. The van der Waals surface area contributed by atoms with Gasteiger partial charge in [0.05, 0.1) is 5.52 Å². The van der Waals surface area contributed by atoms with Crippen LogP contribution in [0.15, 0.2) is 29.2 Å². The van der Waals surface area contributed by atoms with Crippen molar-refractivity contribution in [2.45, 2.75) is 39.7 Å². The van der Waals surface area contributed by atoms with E-state index in [9.17, 15) is 9.59 Å². The minimum atomic E-state index is -0.140. The summed E-state index contributed by atoms with van der Waals surface area (Å²) in [5.74, 6) is -0.115. The molecule has 4 nitrogen and oxygen atoms in total. The fraction of sp³-hybridized carbons (Fsp3) is 0.444. The van der Waals surface area contributed by atoms with Gasteiger partial charge >= 0.3 is 0 Å². The van der Waals surface area contributed by atoms with Crippen molar-refractivity contribution in [1.29, 1.82) is 0 Å². The molecule has 0 radical (unpaired) electrons. The Kier molecular flexibility index (Phi) is 4.01. The lowest BCUT2D eigenvalue weighted by molar-refractivity contribution is 0.0722. The molecule has 0 saturated carbocycles. The summed E-state index contributed by atoms with van der Waals surface area (Å²) in [6.45, 7) is 6.25. The van der Waals surface area contributed by atoms with Crippen LogP contribution in [0, 0.1) is 6.92 Å². The van der Waals surface area contributed by atoms with Gasteiger partial charge in [-0.05, 0) is 45.2 Å². The predicted molar refractivity (Wildman–Crippen MR) is 88.4 cm³/mol. The van der Waals surface area contributed by atoms with Gasteiger partial charge in [0.2, 0.25) is 5.43 Å². The van der Waals surface area contributed by atoms with Crippen molar-refractivity contribution in [3.63, 3.8) is 0 Å². The number of benzene rings is 1. The van der Waals surface area contributed by atoms with E-state index in [1.807, 2.05) is 41.5 Å². The summed E-state index contributed by atoms with van der Waals surface area (Å²) in [6, 6.07) is 5.85. The van der Waals surface area contributed by atoms with Crippen molar-refractivity contribution in [2.75, 3.05) is 13.1 Å². The second-order valence-electron chi connectivity index (χ2n) is 6.03. The maximum atomic E-state index is 12.8. The average molecular weight is 298 g/mol. The number of aryl methyl sites for hydroxylation is 2. The molecule has 0 unspecified atom stereocenters. The molecule has 3 rings (SSSR count). The van der Waals surface area contributed by atoms with E-state index in [0.717, 1.165) is 43.6 Å². The molecule has 22 heavy (non-hydrogen) atoms. The molecule has 1 aliphatic rings. The van der Waals surface area contributed by atoms with Gasteiger partial charge in [0.15, 0.2) is 0 Å². The number of carbonyl (C=O) groups is 1. The molecule has 1 aliphatic heterocycles.